The number of rotatable bonds is 1. The van der Waals surface area contributed by atoms with Crippen molar-refractivity contribution in [3.8, 4) is 0 Å². The molecule has 0 saturated carbocycles. The monoisotopic (exact) mass is 146 g/mol. The number of amides is 1. The Hall–Kier alpha value is -0.680. The lowest BCUT2D eigenvalue weighted by molar-refractivity contribution is -0.116. The van der Waals surface area contributed by atoms with E-state index >= 15 is 0 Å². The highest BCUT2D eigenvalue weighted by molar-refractivity contribution is 7.84. The molecule has 4 nitrogen and oxygen atoms in total. The van der Waals surface area contributed by atoms with Gasteiger partial charge < -0.3 is 9.87 Å². The molecular formula is C4H4NO3S-. The molecule has 1 rings (SSSR count). The summed E-state index contributed by atoms with van der Waals surface area (Å²) in [4.78, 5) is 10.3. The Morgan fingerprint density at radius 1 is 1.78 bits per heavy atom. The summed E-state index contributed by atoms with van der Waals surface area (Å²) in [6.07, 6.45) is 1.34. The van der Waals surface area contributed by atoms with Crippen molar-refractivity contribution >= 4 is 17.0 Å². The smallest absolute Gasteiger partial charge is 0.259 e. The quantitative estimate of drug-likeness (QED) is 0.476. The predicted molar refractivity (Wildman–Crippen MR) is 30.0 cm³/mol. The molecule has 5 heteroatoms. The molecule has 0 fully saturated rings. The fourth-order valence-corrected chi connectivity index (χ4v) is 1.00. The molecule has 1 aliphatic rings. The van der Waals surface area contributed by atoms with E-state index in [0.29, 0.717) is 6.54 Å². The van der Waals surface area contributed by atoms with Crippen LogP contribution in [0.5, 0.6) is 0 Å². The summed E-state index contributed by atoms with van der Waals surface area (Å²) in [5, 5.41) is 2.33. The van der Waals surface area contributed by atoms with Gasteiger partial charge in [0.05, 0.1) is 4.91 Å². The molecule has 0 bridgehead atoms. The second kappa shape index (κ2) is 2.28. The highest BCUT2D eigenvalue weighted by atomic mass is 32.2. The van der Waals surface area contributed by atoms with Gasteiger partial charge in [0.1, 0.15) is 0 Å². The van der Waals surface area contributed by atoms with Crippen molar-refractivity contribution < 1.29 is 13.6 Å². The molecule has 0 radical (unpaired) electrons. The summed E-state index contributed by atoms with van der Waals surface area (Å²) in [6.45, 7) is 0.322. The molecular weight excluding hydrogens is 142 g/mol. The van der Waals surface area contributed by atoms with Crippen molar-refractivity contribution in [1.82, 2.24) is 5.32 Å². The topological polar surface area (TPSA) is 69.2 Å². The van der Waals surface area contributed by atoms with Gasteiger partial charge in [-0.2, -0.15) is 0 Å². The van der Waals surface area contributed by atoms with Gasteiger partial charge >= 0.3 is 0 Å². The molecule has 1 heterocycles. The Balaban J connectivity index is 2.80. The fraction of sp³-hybridized carbons (Fsp3) is 0.250. The van der Waals surface area contributed by atoms with Crippen molar-refractivity contribution in [1.29, 1.82) is 0 Å². The van der Waals surface area contributed by atoms with Crippen molar-refractivity contribution in [2.45, 2.75) is 0 Å². The van der Waals surface area contributed by atoms with Crippen LogP contribution in [0.2, 0.25) is 0 Å². The van der Waals surface area contributed by atoms with Gasteiger partial charge in [0.15, 0.2) is 0 Å². The summed E-state index contributed by atoms with van der Waals surface area (Å²) >= 11 is -2.37. The molecule has 50 valence electrons. The average Bonchev–Trinajstić information content (AvgIpc) is 2.13. The van der Waals surface area contributed by atoms with Crippen LogP contribution >= 0.6 is 0 Å². The minimum absolute atomic E-state index is 0.157. The van der Waals surface area contributed by atoms with Crippen LogP contribution in [0, 0.1) is 0 Å². The first-order valence-electron chi connectivity index (χ1n) is 2.29. The van der Waals surface area contributed by atoms with Crippen LogP contribution in [-0.4, -0.2) is 21.2 Å². The van der Waals surface area contributed by atoms with Crippen LogP contribution in [0.15, 0.2) is 11.0 Å². The molecule has 1 unspecified atom stereocenters. The second-order valence-electron chi connectivity index (χ2n) is 1.51. The maximum absolute atomic E-state index is 10.4. The Labute approximate surface area is 54.2 Å². The lowest BCUT2D eigenvalue weighted by Gasteiger charge is -2.01. The Kier molecular flexibility index (Phi) is 1.63. The fourth-order valence-electron chi connectivity index (χ4n) is 0.560. The first kappa shape index (κ1) is 6.44. The van der Waals surface area contributed by atoms with Crippen molar-refractivity contribution in [2.24, 2.45) is 0 Å². The van der Waals surface area contributed by atoms with Gasteiger partial charge in [-0.05, 0) is 17.2 Å². The van der Waals surface area contributed by atoms with E-state index in [9.17, 15) is 13.6 Å². The first-order chi connectivity index (χ1) is 4.22. The van der Waals surface area contributed by atoms with Crippen LogP contribution in [0.4, 0.5) is 0 Å². The second-order valence-corrected chi connectivity index (χ2v) is 2.42. The highest BCUT2D eigenvalue weighted by Gasteiger charge is 2.13. The predicted octanol–water partition coefficient (Wildman–Crippen LogP) is -1.12. The van der Waals surface area contributed by atoms with Gasteiger partial charge in [0, 0.05) is 6.54 Å². The zero-order valence-corrected chi connectivity index (χ0v) is 5.23. The number of carbonyl (C=O) groups is 1. The Bertz CT molecular complexity index is 198. The van der Waals surface area contributed by atoms with Gasteiger partial charge in [0.2, 0.25) is 0 Å². The van der Waals surface area contributed by atoms with E-state index in [1.807, 2.05) is 0 Å². The zero-order valence-electron chi connectivity index (χ0n) is 4.42. The summed E-state index contributed by atoms with van der Waals surface area (Å²) in [6, 6.07) is 0. The van der Waals surface area contributed by atoms with Crippen molar-refractivity contribution in [3.63, 3.8) is 0 Å². The summed E-state index contributed by atoms with van der Waals surface area (Å²) in [7, 11) is 0. The third kappa shape index (κ3) is 1.17. The van der Waals surface area contributed by atoms with E-state index in [1.54, 1.807) is 0 Å². The van der Waals surface area contributed by atoms with E-state index in [-0.39, 0.29) is 4.91 Å². The Morgan fingerprint density at radius 3 is 2.67 bits per heavy atom. The van der Waals surface area contributed by atoms with Crippen molar-refractivity contribution in [3.05, 3.63) is 11.0 Å². The summed E-state index contributed by atoms with van der Waals surface area (Å²) < 4.78 is 20.2. The van der Waals surface area contributed by atoms with E-state index < -0.39 is 17.0 Å². The number of nitrogens with one attached hydrogen (secondary N) is 1. The first-order valence-corrected chi connectivity index (χ1v) is 3.37. The third-order valence-electron chi connectivity index (χ3n) is 0.953. The average molecular weight is 146 g/mol. The van der Waals surface area contributed by atoms with Gasteiger partial charge in [-0.25, -0.2) is 0 Å². The zero-order chi connectivity index (χ0) is 6.85. The SMILES string of the molecule is O=C1NCC=C1S(=O)[O-]. The third-order valence-corrected chi connectivity index (χ3v) is 1.66. The highest BCUT2D eigenvalue weighted by Crippen LogP contribution is 2.02. The van der Waals surface area contributed by atoms with E-state index in [2.05, 4.69) is 5.32 Å². The largest absolute Gasteiger partial charge is 0.768 e. The van der Waals surface area contributed by atoms with Gasteiger partial charge in [-0.3, -0.25) is 9.00 Å². The van der Waals surface area contributed by atoms with Crippen LogP contribution in [0.3, 0.4) is 0 Å². The molecule has 9 heavy (non-hydrogen) atoms. The molecule has 1 N–H and O–H groups in total. The lowest BCUT2D eigenvalue weighted by Crippen LogP contribution is -2.18. The van der Waals surface area contributed by atoms with Crippen LogP contribution < -0.4 is 5.32 Å². The molecule has 0 saturated heterocycles. The molecule has 0 aromatic heterocycles. The van der Waals surface area contributed by atoms with Crippen LogP contribution in [0.25, 0.3) is 0 Å². The molecule has 1 aliphatic heterocycles. The van der Waals surface area contributed by atoms with Gasteiger partial charge in [0.25, 0.3) is 5.91 Å². The molecule has 0 aliphatic carbocycles. The Morgan fingerprint density at radius 2 is 2.44 bits per heavy atom. The molecule has 0 aromatic carbocycles. The van der Waals surface area contributed by atoms with E-state index in [1.165, 1.54) is 6.08 Å². The van der Waals surface area contributed by atoms with Crippen LogP contribution in [0.1, 0.15) is 0 Å². The van der Waals surface area contributed by atoms with Gasteiger partial charge in [-0.1, -0.05) is 0 Å². The number of hydrogen-bond acceptors (Lipinski definition) is 3. The number of hydrogen-bond donors (Lipinski definition) is 1. The maximum Gasteiger partial charge on any atom is 0.259 e. The van der Waals surface area contributed by atoms with Crippen molar-refractivity contribution in [2.75, 3.05) is 6.54 Å². The number of carbonyl (C=O) groups excluding carboxylic acids is 1. The van der Waals surface area contributed by atoms with E-state index in [4.69, 9.17) is 0 Å². The van der Waals surface area contributed by atoms with Crippen LogP contribution in [-0.2, 0) is 15.9 Å². The minimum atomic E-state index is -2.37. The summed E-state index contributed by atoms with van der Waals surface area (Å²) in [5.74, 6) is -0.511. The molecule has 0 spiro atoms. The maximum atomic E-state index is 10.4. The van der Waals surface area contributed by atoms with E-state index in [0.717, 1.165) is 0 Å². The normalized spacial score (nSPS) is 21.0. The summed E-state index contributed by atoms with van der Waals surface area (Å²) in [5.41, 5.74) is 0. The lowest BCUT2D eigenvalue weighted by atomic mass is 10.6. The molecule has 0 aromatic rings. The molecule has 1 amide bonds. The standard InChI is InChI=1S/C4H5NO3S/c6-4-3(9(7)8)1-2-5-4/h1H,2H2,(H,5,6)(H,7,8)/p-1. The molecule has 1 atom stereocenters. The minimum Gasteiger partial charge on any atom is -0.768 e. The van der Waals surface area contributed by atoms with Gasteiger partial charge in [-0.15, -0.1) is 0 Å².